The lowest BCUT2D eigenvalue weighted by atomic mass is 10.3. The maximum absolute atomic E-state index is 11.5. The lowest BCUT2D eigenvalue weighted by molar-refractivity contribution is 0.249. The van der Waals surface area contributed by atoms with Gasteiger partial charge in [0.05, 0.1) is 10.7 Å². The van der Waals surface area contributed by atoms with Gasteiger partial charge in [0.1, 0.15) is 0 Å². The van der Waals surface area contributed by atoms with Crippen molar-refractivity contribution in [1.82, 2.24) is 5.32 Å². The SMILES string of the molecule is CC[C@H](C)NC(=O)Nc1cc(Cl)ccc1Cl. The smallest absolute Gasteiger partial charge is 0.319 e. The van der Waals surface area contributed by atoms with E-state index in [1.165, 1.54) is 0 Å². The fraction of sp³-hybridized carbons (Fsp3) is 0.364. The van der Waals surface area contributed by atoms with Crippen LogP contribution in [0.1, 0.15) is 20.3 Å². The molecule has 0 aliphatic heterocycles. The molecule has 0 bridgehead atoms. The summed E-state index contributed by atoms with van der Waals surface area (Å²) in [5.74, 6) is 0. The zero-order valence-corrected chi connectivity index (χ0v) is 10.7. The largest absolute Gasteiger partial charge is 0.335 e. The number of nitrogens with one attached hydrogen (secondary N) is 2. The van der Waals surface area contributed by atoms with Gasteiger partial charge in [0.15, 0.2) is 0 Å². The zero-order chi connectivity index (χ0) is 12.1. The monoisotopic (exact) mass is 260 g/mol. The maximum atomic E-state index is 11.5. The molecule has 2 N–H and O–H groups in total. The van der Waals surface area contributed by atoms with E-state index in [1.807, 2.05) is 13.8 Å². The van der Waals surface area contributed by atoms with Crippen molar-refractivity contribution in [3.63, 3.8) is 0 Å². The lowest BCUT2D eigenvalue weighted by Gasteiger charge is -2.13. The molecule has 3 nitrogen and oxygen atoms in total. The van der Waals surface area contributed by atoms with Crippen LogP contribution in [-0.2, 0) is 0 Å². The van der Waals surface area contributed by atoms with Crippen LogP contribution in [0.3, 0.4) is 0 Å². The van der Waals surface area contributed by atoms with Crippen LogP contribution >= 0.6 is 23.2 Å². The highest BCUT2D eigenvalue weighted by atomic mass is 35.5. The molecule has 16 heavy (non-hydrogen) atoms. The van der Waals surface area contributed by atoms with E-state index in [0.717, 1.165) is 6.42 Å². The first-order valence-electron chi connectivity index (χ1n) is 5.05. The number of hydrogen-bond acceptors (Lipinski definition) is 1. The minimum atomic E-state index is -0.279. The van der Waals surface area contributed by atoms with Crippen molar-refractivity contribution in [2.24, 2.45) is 0 Å². The second kappa shape index (κ2) is 5.97. The molecule has 88 valence electrons. The van der Waals surface area contributed by atoms with Gasteiger partial charge in [-0.15, -0.1) is 0 Å². The van der Waals surface area contributed by atoms with Crippen molar-refractivity contribution in [1.29, 1.82) is 0 Å². The van der Waals surface area contributed by atoms with Gasteiger partial charge in [0.25, 0.3) is 0 Å². The van der Waals surface area contributed by atoms with Crippen LogP contribution in [0.2, 0.25) is 10.0 Å². The van der Waals surface area contributed by atoms with Crippen LogP contribution in [0.4, 0.5) is 10.5 Å². The molecule has 0 unspecified atom stereocenters. The molecule has 1 rings (SSSR count). The highest BCUT2D eigenvalue weighted by Gasteiger charge is 2.08. The number of anilines is 1. The Morgan fingerprint density at radius 2 is 2.12 bits per heavy atom. The molecule has 0 radical (unpaired) electrons. The summed E-state index contributed by atoms with van der Waals surface area (Å²) in [6.07, 6.45) is 0.872. The van der Waals surface area contributed by atoms with Crippen molar-refractivity contribution in [2.45, 2.75) is 26.3 Å². The molecule has 0 fully saturated rings. The lowest BCUT2D eigenvalue weighted by Crippen LogP contribution is -2.35. The van der Waals surface area contributed by atoms with Crippen LogP contribution < -0.4 is 10.6 Å². The van der Waals surface area contributed by atoms with Crippen molar-refractivity contribution in [2.75, 3.05) is 5.32 Å². The molecule has 5 heteroatoms. The Morgan fingerprint density at radius 1 is 1.44 bits per heavy atom. The van der Waals surface area contributed by atoms with Gasteiger partial charge in [-0.25, -0.2) is 4.79 Å². The summed E-state index contributed by atoms with van der Waals surface area (Å²) in [5.41, 5.74) is 0.509. The van der Waals surface area contributed by atoms with Gasteiger partial charge in [-0.3, -0.25) is 0 Å². The molecule has 1 aromatic carbocycles. The van der Waals surface area contributed by atoms with Crippen molar-refractivity contribution >= 4 is 34.9 Å². The molecular formula is C11H14Cl2N2O. The molecule has 0 aromatic heterocycles. The Morgan fingerprint density at radius 3 is 2.75 bits per heavy atom. The molecule has 0 spiro atoms. The molecule has 1 atom stereocenters. The summed E-state index contributed by atoms with van der Waals surface area (Å²) in [6, 6.07) is 4.77. The summed E-state index contributed by atoms with van der Waals surface area (Å²) < 4.78 is 0. The fourth-order valence-corrected chi connectivity index (χ4v) is 1.41. The molecule has 1 aromatic rings. The molecule has 0 heterocycles. The van der Waals surface area contributed by atoms with Crippen molar-refractivity contribution in [3.05, 3.63) is 28.2 Å². The fourth-order valence-electron chi connectivity index (χ4n) is 1.08. The first-order chi connectivity index (χ1) is 7.52. The standard InChI is InChI=1S/C11H14Cl2N2O/c1-3-7(2)14-11(16)15-10-6-8(12)4-5-9(10)13/h4-7H,3H2,1-2H3,(H2,14,15,16)/t7-/m0/s1. The highest BCUT2D eigenvalue weighted by molar-refractivity contribution is 6.35. The number of hydrogen-bond donors (Lipinski definition) is 2. The van der Waals surface area contributed by atoms with E-state index < -0.39 is 0 Å². The van der Waals surface area contributed by atoms with E-state index in [1.54, 1.807) is 18.2 Å². The Labute approximate surface area is 105 Å². The Kier molecular flexibility index (Phi) is 4.90. The summed E-state index contributed by atoms with van der Waals surface area (Å²) in [4.78, 5) is 11.5. The number of amides is 2. The summed E-state index contributed by atoms with van der Waals surface area (Å²) >= 11 is 11.7. The Hall–Kier alpha value is -0.930. The van der Waals surface area contributed by atoms with E-state index in [0.29, 0.717) is 15.7 Å². The topological polar surface area (TPSA) is 41.1 Å². The van der Waals surface area contributed by atoms with Crippen molar-refractivity contribution in [3.8, 4) is 0 Å². The normalized spacial score (nSPS) is 12.0. The third-order valence-electron chi connectivity index (χ3n) is 2.17. The van der Waals surface area contributed by atoms with Gasteiger partial charge in [-0.2, -0.15) is 0 Å². The maximum Gasteiger partial charge on any atom is 0.319 e. The van der Waals surface area contributed by atoms with Crippen LogP contribution in [0, 0.1) is 0 Å². The minimum absolute atomic E-state index is 0.123. The van der Waals surface area contributed by atoms with E-state index in [9.17, 15) is 4.79 Å². The number of halogens is 2. The van der Waals surface area contributed by atoms with Crippen LogP contribution in [-0.4, -0.2) is 12.1 Å². The zero-order valence-electron chi connectivity index (χ0n) is 9.18. The first kappa shape index (κ1) is 13.1. The van der Waals surface area contributed by atoms with Crippen molar-refractivity contribution < 1.29 is 4.79 Å². The van der Waals surface area contributed by atoms with Crippen LogP contribution in [0.5, 0.6) is 0 Å². The molecule has 0 aliphatic rings. The van der Waals surface area contributed by atoms with E-state index in [2.05, 4.69) is 10.6 Å². The average Bonchev–Trinajstić information content (AvgIpc) is 2.23. The number of rotatable bonds is 3. The average molecular weight is 261 g/mol. The van der Waals surface area contributed by atoms with Crippen LogP contribution in [0.15, 0.2) is 18.2 Å². The molecule has 0 saturated heterocycles. The summed E-state index contributed by atoms with van der Waals surface area (Å²) in [7, 11) is 0. The van der Waals surface area contributed by atoms with E-state index >= 15 is 0 Å². The van der Waals surface area contributed by atoms with Gasteiger partial charge in [-0.05, 0) is 31.5 Å². The minimum Gasteiger partial charge on any atom is -0.335 e. The molecule has 2 amide bonds. The Balaban J connectivity index is 2.65. The van der Waals surface area contributed by atoms with Gasteiger partial charge in [0.2, 0.25) is 0 Å². The summed E-state index contributed by atoms with van der Waals surface area (Å²) in [6.45, 7) is 3.93. The van der Waals surface area contributed by atoms with E-state index in [-0.39, 0.29) is 12.1 Å². The van der Waals surface area contributed by atoms with Gasteiger partial charge >= 0.3 is 6.03 Å². The number of benzene rings is 1. The predicted molar refractivity (Wildman–Crippen MR) is 68.4 cm³/mol. The van der Waals surface area contributed by atoms with E-state index in [4.69, 9.17) is 23.2 Å². The third-order valence-corrected chi connectivity index (χ3v) is 2.73. The molecular weight excluding hydrogens is 247 g/mol. The summed E-state index contributed by atoms with van der Waals surface area (Å²) in [5, 5.41) is 6.42. The Bertz CT molecular complexity index is 382. The number of carbonyl (C=O) groups is 1. The third kappa shape index (κ3) is 3.91. The van der Waals surface area contributed by atoms with Gasteiger partial charge < -0.3 is 10.6 Å². The molecule has 0 saturated carbocycles. The van der Waals surface area contributed by atoms with Gasteiger partial charge in [0, 0.05) is 11.1 Å². The first-order valence-corrected chi connectivity index (χ1v) is 5.81. The highest BCUT2D eigenvalue weighted by Crippen LogP contribution is 2.25. The van der Waals surface area contributed by atoms with Crippen LogP contribution in [0.25, 0.3) is 0 Å². The number of carbonyl (C=O) groups excluding carboxylic acids is 1. The second-order valence-corrected chi connectivity index (χ2v) is 4.38. The van der Waals surface area contributed by atoms with Gasteiger partial charge in [-0.1, -0.05) is 30.1 Å². The molecule has 0 aliphatic carbocycles. The second-order valence-electron chi connectivity index (χ2n) is 3.53. The number of urea groups is 1. The predicted octanol–water partition coefficient (Wildman–Crippen LogP) is 3.91. The quantitative estimate of drug-likeness (QED) is 0.850.